The Kier molecular flexibility index (Phi) is 7.78. The second-order valence-corrected chi connectivity index (χ2v) is 14.4. The molecule has 0 aliphatic carbocycles. The molecule has 0 radical (unpaired) electrons. The Hall–Kier alpha value is -7.69. The minimum absolute atomic E-state index is 0.896. The van der Waals surface area contributed by atoms with Crippen LogP contribution in [0.2, 0.25) is 0 Å². The van der Waals surface area contributed by atoms with Crippen LogP contribution in [-0.4, -0.2) is 15.0 Å². The number of anilines is 3. The highest BCUT2D eigenvalue weighted by Crippen LogP contribution is 2.47. The molecular formula is C53H34N4. The number of para-hydroxylation sites is 3. The van der Waals surface area contributed by atoms with Crippen molar-refractivity contribution in [2.24, 2.45) is 0 Å². The van der Waals surface area contributed by atoms with Gasteiger partial charge in [0.1, 0.15) is 0 Å². The fourth-order valence-electron chi connectivity index (χ4n) is 8.27. The van der Waals surface area contributed by atoms with Crippen molar-refractivity contribution in [1.29, 1.82) is 0 Å². The molecule has 0 bridgehead atoms. The van der Waals surface area contributed by atoms with Crippen molar-refractivity contribution in [3.63, 3.8) is 0 Å². The first-order valence-corrected chi connectivity index (χ1v) is 19.3. The van der Waals surface area contributed by atoms with Crippen molar-refractivity contribution >= 4 is 71.3 Å². The maximum atomic E-state index is 5.47. The summed E-state index contributed by atoms with van der Waals surface area (Å²) >= 11 is 0. The molecule has 0 spiro atoms. The molecular weight excluding hydrogens is 693 g/mol. The lowest BCUT2D eigenvalue weighted by molar-refractivity contribution is 1.30. The first-order valence-electron chi connectivity index (χ1n) is 19.3. The average Bonchev–Trinajstić information content (AvgIpc) is 3.29. The molecule has 0 saturated carbocycles. The monoisotopic (exact) mass is 726 g/mol. The SMILES string of the molecule is c1ccc(-c2ccc3ccc4ccc(-c5ccc(-c6nc7ccccc7c7c6c(N(c6ccccc6)c6ccccc6)cc6ccccc67)cc5)nc4c3n2)cc1. The van der Waals surface area contributed by atoms with E-state index in [0.29, 0.717) is 0 Å². The molecule has 0 atom stereocenters. The Labute approximate surface area is 330 Å². The van der Waals surface area contributed by atoms with Gasteiger partial charge in [-0.15, -0.1) is 0 Å². The summed E-state index contributed by atoms with van der Waals surface area (Å²) in [5.41, 5.74) is 11.9. The molecule has 0 fully saturated rings. The number of rotatable bonds is 6. The lowest BCUT2D eigenvalue weighted by atomic mass is 9.92. The predicted octanol–water partition coefficient (Wildman–Crippen LogP) is 14.1. The van der Waals surface area contributed by atoms with E-state index in [-0.39, 0.29) is 0 Å². The second kappa shape index (κ2) is 13.6. The van der Waals surface area contributed by atoms with Crippen LogP contribution < -0.4 is 4.90 Å². The minimum Gasteiger partial charge on any atom is -0.310 e. The molecule has 0 amide bonds. The predicted molar refractivity (Wildman–Crippen MR) is 238 cm³/mol. The van der Waals surface area contributed by atoms with Crippen molar-refractivity contribution in [3.8, 4) is 33.8 Å². The van der Waals surface area contributed by atoms with E-state index in [2.05, 4.69) is 193 Å². The third-order valence-corrected chi connectivity index (χ3v) is 11.0. The molecule has 8 aromatic carbocycles. The average molecular weight is 727 g/mol. The fourth-order valence-corrected chi connectivity index (χ4v) is 8.27. The molecule has 4 nitrogen and oxygen atoms in total. The summed E-state index contributed by atoms with van der Waals surface area (Å²) in [5, 5.41) is 7.93. The van der Waals surface area contributed by atoms with Gasteiger partial charge in [-0.25, -0.2) is 15.0 Å². The molecule has 0 unspecified atom stereocenters. The van der Waals surface area contributed by atoms with Crippen molar-refractivity contribution in [2.75, 3.05) is 4.90 Å². The number of fused-ring (bicyclic) bond motifs is 8. The number of benzene rings is 8. The topological polar surface area (TPSA) is 41.9 Å². The molecule has 11 aromatic rings. The van der Waals surface area contributed by atoms with Gasteiger partial charge in [-0.3, -0.25) is 0 Å². The first kappa shape index (κ1) is 32.7. The summed E-state index contributed by atoms with van der Waals surface area (Å²) < 4.78 is 0. The van der Waals surface area contributed by atoms with E-state index in [1.807, 2.05) is 18.2 Å². The molecule has 57 heavy (non-hydrogen) atoms. The molecule has 3 heterocycles. The van der Waals surface area contributed by atoms with Crippen LogP contribution in [0.3, 0.4) is 0 Å². The minimum atomic E-state index is 0.896. The zero-order valence-electron chi connectivity index (χ0n) is 30.9. The highest BCUT2D eigenvalue weighted by molar-refractivity contribution is 6.27. The summed E-state index contributed by atoms with van der Waals surface area (Å²) in [4.78, 5) is 18.2. The Morgan fingerprint density at radius 1 is 0.333 bits per heavy atom. The number of nitrogens with zero attached hydrogens (tertiary/aromatic N) is 4. The summed E-state index contributed by atoms with van der Waals surface area (Å²) in [5.74, 6) is 0. The lowest BCUT2D eigenvalue weighted by Gasteiger charge is -2.28. The van der Waals surface area contributed by atoms with E-state index >= 15 is 0 Å². The first-order chi connectivity index (χ1) is 28.3. The van der Waals surface area contributed by atoms with Gasteiger partial charge in [0.25, 0.3) is 0 Å². The van der Waals surface area contributed by atoms with Crippen molar-refractivity contribution in [2.45, 2.75) is 0 Å². The molecule has 4 heteroatoms. The lowest BCUT2D eigenvalue weighted by Crippen LogP contribution is -2.11. The molecule has 0 saturated heterocycles. The third-order valence-electron chi connectivity index (χ3n) is 11.0. The molecule has 0 aliphatic rings. The van der Waals surface area contributed by atoms with Gasteiger partial charge >= 0.3 is 0 Å². The molecule has 11 rings (SSSR count). The van der Waals surface area contributed by atoms with Gasteiger partial charge < -0.3 is 4.90 Å². The number of pyridine rings is 3. The van der Waals surface area contributed by atoms with Gasteiger partial charge in [0.15, 0.2) is 0 Å². The Balaban J connectivity index is 1.12. The van der Waals surface area contributed by atoms with E-state index in [9.17, 15) is 0 Å². The van der Waals surface area contributed by atoms with Crippen molar-refractivity contribution in [3.05, 3.63) is 206 Å². The summed E-state index contributed by atoms with van der Waals surface area (Å²) in [6.07, 6.45) is 0. The highest BCUT2D eigenvalue weighted by Gasteiger charge is 2.23. The Bertz CT molecular complexity index is 3220. The van der Waals surface area contributed by atoms with Crippen LogP contribution in [0.4, 0.5) is 17.1 Å². The summed E-state index contributed by atoms with van der Waals surface area (Å²) in [7, 11) is 0. The number of aromatic nitrogens is 3. The van der Waals surface area contributed by atoms with Crippen LogP contribution in [0.5, 0.6) is 0 Å². The van der Waals surface area contributed by atoms with Gasteiger partial charge in [0.2, 0.25) is 0 Å². The molecule has 266 valence electrons. The Morgan fingerprint density at radius 3 is 1.46 bits per heavy atom. The van der Waals surface area contributed by atoms with Crippen LogP contribution in [-0.2, 0) is 0 Å². The smallest absolute Gasteiger partial charge is 0.0972 e. The standard InChI is InChI=1S/C53H34N4/c1-4-14-35(15-5-1)45-32-30-38-28-29-39-31-33-46(55-53(39)52(38)54-45)36-24-26-37(27-25-36)51-50-48(57(41-17-6-2-7-18-41)42-19-8-3-9-20-42)34-40-16-10-11-21-43(40)49(50)44-22-12-13-23-47(44)56-51/h1-34H. The van der Waals surface area contributed by atoms with Crippen LogP contribution in [0, 0.1) is 0 Å². The molecule has 0 aliphatic heterocycles. The van der Waals surface area contributed by atoms with Crippen LogP contribution >= 0.6 is 0 Å². The van der Waals surface area contributed by atoms with E-state index in [4.69, 9.17) is 15.0 Å². The van der Waals surface area contributed by atoms with Crippen LogP contribution in [0.15, 0.2) is 206 Å². The second-order valence-electron chi connectivity index (χ2n) is 14.4. The van der Waals surface area contributed by atoms with E-state index < -0.39 is 0 Å². The zero-order valence-corrected chi connectivity index (χ0v) is 30.9. The van der Waals surface area contributed by atoms with E-state index in [1.54, 1.807) is 0 Å². The van der Waals surface area contributed by atoms with Gasteiger partial charge in [0, 0.05) is 55.0 Å². The van der Waals surface area contributed by atoms with Gasteiger partial charge in [-0.2, -0.15) is 0 Å². The fraction of sp³-hybridized carbons (Fsp3) is 0. The van der Waals surface area contributed by atoms with Gasteiger partial charge in [0.05, 0.1) is 39.3 Å². The van der Waals surface area contributed by atoms with Gasteiger partial charge in [-0.1, -0.05) is 158 Å². The van der Waals surface area contributed by atoms with Crippen molar-refractivity contribution < 1.29 is 0 Å². The number of hydrogen-bond donors (Lipinski definition) is 0. The maximum Gasteiger partial charge on any atom is 0.0972 e. The van der Waals surface area contributed by atoms with E-state index in [0.717, 1.165) is 88.9 Å². The highest BCUT2D eigenvalue weighted by atomic mass is 15.1. The van der Waals surface area contributed by atoms with Crippen molar-refractivity contribution in [1.82, 2.24) is 15.0 Å². The van der Waals surface area contributed by atoms with Crippen LogP contribution in [0.1, 0.15) is 0 Å². The van der Waals surface area contributed by atoms with E-state index in [1.165, 1.54) is 16.2 Å². The summed E-state index contributed by atoms with van der Waals surface area (Å²) in [6, 6.07) is 72.6. The largest absolute Gasteiger partial charge is 0.310 e. The normalized spacial score (nSPS) is 11.5. The Morgan fingerprint density at radius 2 is 0.825 bits per heavy atom. The quantitative estimate of drug-likeness (QED) is 0.160. The number of hydrogen-bond acceptors (Lipinski definition) is 4. The maximum absolute atomic E-state index is 5.47. The molecule has 0 N–H and O–H groups in total. The van der Waals surface area contributed by atoms with Crippen LogP contribution in [0.25, 0.3) is 88.0 Å². The third kappa shape index (κ3) is 5.66. The molecule has 3 aromatic heterocycles. The van der Waals surface area contributed by atoms with Gasteiger partial charge in [-0.05, 0) is 59.3 Å². The zero-order chi connectivity index (χ0) is 37.7. The summed E-state index contributed by atoms with van der Waals surface area (Å²) in [6.45, 7) is 0.